The third-order valence-corrected chi connectivity index (χ3v) is 4.67. The molecule has 0 spiro atoms. The van der Waals surface area contributed by atoms with Gasteiger partial charge in [0.15, 0.2) is 0 Å². The maximum atomic E-state index is 12.6. The molecule has 3 rings (SSSR count). The lowest BCUT2D eigenvalue weighted by atomic mass is 10.1. The number of anilines is 1. The second kappa shape index (κ2) is 10.6. The number of carbonyl (C=O) groups excluding carboxylic acids is 2. The van der Waals surface area contributed by atoms with Crippen LogP contribution >= 0.6 is 0 Å². The van der Waals surface area contributed by atoms with E-state index in [4.69, 9.17) is 9.47 Å². The van der Waals surface area contributed by atoms with Crippen molar-refractivity contribution in [3.05, 3.63) is 99.1 Å². The minimum absolute atomic E-state index is 0.0241. The number of esters is 1. The summed E-state index contributed by atoms with van der Waals surface area (Å²) >= 11 is 0. The number of benzene rings is 3. The number of methoxy groups -OCH3 is 1. The first kappa shape index (κ1) is 23.7. The number of carbonyl (C=O) groups is 2. The molecule has 34 heavy (non-hydrogen) atoms. The van der Waals surface area contributed by atoms with Crippen molar-refractivity contribution >= 4 is 29.3 Å². The van der Waals surface area contributed by atoms with Gasteiger partial charge in [0.1, 0.15) is 28.8 Å². The highest BCUT2D eigenvalue weighted by Gasteiger charge is 2.18. The lowest BCUT2D eigenvalue weighted by molar-refractivity contribution is -0.384. The number of nitrogens with zero attached hydrogens (tertiary/aromatic N) is 2. The van der Waals surface area contributed by atoms with Gasteiger partial charge in [0, 0.05) is 6.07 Å². The highest BCUT2D eigenvalue weighted by atomic mass is 16.6. The van der Waals surface area contributed by atoms with Crippen LogP contribution in [0.15, 0.2) is 72.3 Å². The van der Waals surface area contributed by atoms with Crippen molar-refractivity contribution in [2.75, 3.05) is 12.4 Å². The van der Waals surface area contributed by atoms with Gasteiger partial charge in [-0.05, 0) is 66.6 Å². The SMILES string of the molecule is COc1ccc(C(=O)Oc2cccc(/C=C(\C#N)C(=O)Nc3ccc(C)cc3[N+](=O)[O-])c2)cc1. The number of nitrogens with one attached hydrogen (secondary N) is 1. The standard InChI is InChI=1S/C25H19N3O6/c1-16-6-11-22(23(12-16)28(31)32)27-24(29)19(15-26)13-17-4-3-5-21(14-17)34-25(30)18-7-9-20(33-2)10-8-18/h3-14H,1-2H3,(H,27,29)/b19-13+. The fourth-order valence-electron chi connectivity index (χ4n) is 2.96. The Morgan fingerprint density at radius 3 is 2.44 bits per heavy atom. The van der Waals surface area contributed by atoms with Crippen molar-refractivity contribution in [2.24, 2.45) is 0 Å². The molecule has 3 aromatic carbocycles. The Morgan fingerprint density at radius 2 is 1.79 bits per heavy atom. The zero-order valence-electron chi connectivity index (χ0n) is 18.3. The molecule has 1 N–H and O–H groups in total. The van der Waals surface area contributed by atoms with Gasteiger partial charge in [0.2, 0.25) is 0 Å². The van der Waals surface area contributed by atoms with Gasteiger partial charge in [-0.15, -0.1) is 0 Å². The summed E-state index contributed by atoms with van der Waals surface area (Å²) in [4.78, 5) is 35.6. The molecular formula is C25H19N3O6. The Labute approximate surface area is 195 Å². The van der Waals surface area contributed by atoms with E-state index in [-0.39, 0.29) is 22.7 Å². The van der Waals surface area contributed by atoms with Crippen molar-refractivity contribution in [1.82, 2.24) is 0 Å². The van der Waals surface area contributed by atoms with E-state index in [0.29, 0.717) is 22.4 Å². The predicted molar refractivity (Wildman–Crippen MR) is 124 cm³/mol. The quantitative estimate of drug-likeness (QED) is 0.136. The molecule has 9 nitrogen and oxygen atoms in total. The summed E-state index contributed by atoms with van der Waals surface area (Å²) in [6.07, 6.45) is 1.29. The van der Waals surface area contributed by atoms with E-state index < -0.39 is 16.8 Å². The van der Waals surface area contributed by atoms with Crippen LogP contribution in [0.25, 0.3) is 6.08 Å². The number of nitriles is 1. The van der Waals surface area contributed by atoms with E-state index in [9.17, 15) is 25.0 Å². The summed E-state index contributed by atoms with van der Waals surface area (Å²) < 4.78 is 10.4. The second-order valence-electron chi connectivity index (χ2n) is 7.09. The summed E-state index contributed by atoms with van der Waals surface area (Å²) in [7, 11) is 1.52. The van der Waals surface area contributed by atoms with E-state index >= 15 is 0 Å². The summed E-state index contributed by atoms with van der Waals surface area (Å²) in [6.45, 7) is 1.69. The van der Waals surface area contributed by atoms with Gasteiger partial charge in [-0.3, -0.25) is 14.9 Å². The number of nitro groups is 1. The summed E-state index contributed by atoms with van der Waals surface area (Å²) in [5.74, 6) is -0.591. The van der Waals surface area contributed by atoms with Crippen LogP contribution in [0.1, 0.15) is 21.5 Å². The predicted octanol–water partition coefficient (Wildman–Crippen LogP) is 4.68. The Morgan fingerprint density at radius 1 is 1.06 bits per heavy atom. The van der Waals surface area contributed by atoms with E-state index in [1.54, 1.807) is 61.5 Å². The number of rotatable bonds is 7. The van der Waals surface area contributed by atoms with Crippen LogP contribution in [-0.2, 0) is 4.79 Å². The normalized spacial score (nSPS) is 10.7. The molecule has 0 aliphatic heterocycles. The van der Waals surface area contributed by atoms with Gasteiger partial charge in [-0.1, -0.05) is 18.2 Å². The first-order valence-electron chi connectivity index (χ1n) is 9.95. The molecule has 3 aromatic rings. The highest BCUT2D eigenvalue weighted by Crippen LogP contribution is 2.26. The van der Waals surface area contributed by atoms with Crippen LogP contribution in [0, 0.1) is 28.4 Å². The van der Waals surface area contributed by atoms with Crippen LogP contribution in [0.3, 0.4) is 0 Å². The molecule has 0 unspecified atom stereocenters. The van der Waals surface area contributed by atoms with Crippen LogP contribution in [-0.4, -0.2) is 23.9 Å². The average Bonchev–Trinajstić information content (AvgIpc) is 2.83. The molecular weight excluding hydrogens is 438 g/mol. The van der Waals surface area contributed by atoms with Gasteiger partial charge < -0.3 is 14.8 Å². The summed E-state index contributed by atoms with van der Waals surface area (Å²) in [6, 6.07) is 18.8. The number of nitro benzene ring substituents is 1. The molecule has 0 heterocycles. The van der Waals surface area contributed by atoms with Crippen LogP contribution in [0.5, 0.6) is 11.5 Å². The average molecular weight is 457 g/mol. The molecule has 0 aliphatic carbocycles. The molecule has 9 heteroatoms. The van der Waals surface area contributed by atoms with E-state index in [2.05, 4.69) is 5.32 Å². The molecule has 170 valence electrons. The zero-order chi connectivity index (χ0) is 24.7. The van der Waals surface area contributed by atoms with Crippen molar-refractivity contribution in [3.8, 4) is 17.6 Å². The lowest BCUT2D eigenvalue weighted by Gasteiger charge is -2.07. The number of amides is 1. The van der Waals surface area contributed by atoms with Crippen molar-refractivity contribution in [1.29, 1.82) is 5.26 Å². The maximum Gasteiger partial charge on any atom is 0.343 e. The van der Waals surface area contributed by atoms with E-state index in [1.165, 1.54) is 31.4 Å². The number of hydrogen-bond acceptors (Lipinski definition) is 7. The van der Waals surface area contributed by atoms with E-state index in [0.717, 1.165) is 0 Å². The Bertz CT molecular complexity index is 1320. The molecule has 0 aliphatic rings. The largest absolute Gasteiger partial charge is 0.497 e. The fourth-order valence-corrected chi connectivity index (χ4v) is 2.96. The molecule has 1 amide bonds. The molecule has 0 atom stereocenters. The van der Waals surface area contributed by atoms with Gasteiger partial charge in [0.25, 0.3) is 11.6 Å². The van der Waals surface area contributed by atoms with Gasteiger partial charge in [0.05, 0.1) is 17.6 Å². The Kier molecular flexibility index (Phi) is 7.36. The molecule has 0 bridgehead atoms. The zero-order valence-corrected chi connectivity index (χ0v) is 18.3. The van der Waals surface area contributed by atoms with Gasteiger partial charge >= 0.3 is 5.97 Å². The van der Waals surface area contributed by atoms with Gasteiger partial charge in [-0.25, -0.2) is 4.79 Å². The minimum Gasteiger partial charge on any atom is -0.497 e. The third-order valence-electron chi connectivity index (χ3n) is 4.67. The minimum atomic E-state index is -0.810. The Balaban J connectivity index is 1.78. The van der Waals surface area contributed by atoms with Crippen LogP contribution in [0.4, 0.5) is 11.4 Å². The molecule has 0 aromatic heterocycles. The Hall–Kier alpha value is -4.97. The first-order chi connectivity index (χ1) is 16.3. The van der Waals surface area contributed by atoms with Crippen molar-refractivity contribution in [2.45, 2.75) is 6.92 Å². The topological polar surface area (TPSA) is 132 Å². The number of hydrogen-bond donors (Lipinski definition) is 1. The highest BCUT2D eigenvalue weighted by molar-refractivity contribution is 6.10. The van der Waals surface area contributed by atoms with E-state index in [1.807, 2.05) is 0 Å². The number of ether oxygens (including phenoxy) is 2. The molecule has 0 fully saturated rings. The number of aryl methyl sites for hydroxylation is 1. The molecule has 0 saturated heterocycles. The summed E-state index contributed by atoms with van der Waals surface area (Å²) in [5, 5.41) is 23.1. The fraction of sp³-hybridized carbons (Fsp3) is 0.0800. The van der Waals surface area contributed by atoms with Crippen molar-refractivity contribution in [3.63, 3.8) is 0 Å². The monoisotopic (exact) mass is 457 g/mol. The van der Waals surface area contributed by atoms with Crippen LogP contribution in [0.2, 0.25) is 0 Å². The maximum absolute atomic E-state index is 12.6. The summed E-state index contributed by atoms with van der Waals surface area (Å²) in [5.41, 5.74) is 0.806. The molecule has 0 saturated carbocycles. The molecule has 0 radical (unpaired) electrons. The van der Waals surface area contributed by atoms with Crippen LogP contribution < -0.4 is 14.8 Å². The second-order valence-corrected chi connectivity index (χ2v) is 7.09. The first-order valence-corrected chi connectivity index (χ1v) is 9.95. The van der Waals surface area contributed by atoms with Gasteiger partial charge in [-0.2, -0.15) is 5.26 Å². The lowest BCUT2D eigenvalue weighted by Crippen LogP contribution is -2.14. The smallest absolute Gasteiger partial charge is 0.343 e. The third kappa shape index (κ3) is 5.83. The van der Waals surface area contributed by atoms with Crippen molar-refractivity contribution < 1.29 is 24.0 Å².